The second kappa shape index (κ2) is 3.52. The summed E-state index contributed by atoms with van der Waals surface area (Å²) < 4.78 is 0. The van der Waals surface area contributed by atoms with E-state index < -0.39 is 0 Å². The van der Waals surface area contributed by atoms with E-state index in [2.05, 4.69) is 11.9 Å². The molecule has 1 saturated carbocycles. The third kappa shape index (κ3) is 1.45. The number of aryl methyl sites for hydroxylation is 1. The predicted molar refractivity (Wildman–Crippen MR) is 55.1 cm³/mol. The summed E-state index contributed by atoms with van der Waals surface area (Å²) in [5.41, 5.74) is 2.51. The van der Waals surface area contributed by atoms with Crippen molar-refractivity contribution in [1.29, 1.82) is 0 Å². The van der Waals surface area contributed by atoms with Crippen LogP contribution < -0.4 is 0 Å². The molecular formula is C12H15NO. The van der Waals surface area contributed by atoms with E-state index >= 15 is 0 Å². The molecule has 0 amide bonds. The Hall–Kier alpha value is -1.18. The maximum Gasteiger partial charge on any atom is 0.136 e. The highest BCUT2D eigenvalue weighted by Crippen LogP contribution is 2.37. The number of ketones is 1. The normalized spacial score (nSPS) is 26.9. The number of aromatic nitrogens is 1. The van der Waals surface area contributed by atoms with Crippen molar-refractivity contribution < 1.29 is 4.79 Å². The summed E-state index contributed by atoms with van der Waals surface area (Å²) in [7, 11) is 0. The summed E-state index contributed by atoms with van der Waals surface area (Å²) in [5, 5.41) is 0. The van der Waals surface area contributed by atoms with Crippen LogP contribution in [0.5, 0.6) is 0 Å². The van der Waals surface area contributed by atoms with Crippen molar-refractivity contribution in [2.45, 2.75) is 32.6 Å². The molecule has 0 bridgehead atoms. The van der Waals surface area contributed by atoms with Crippen LogP contribution in [-0.4, -0.2) is 10.8 Å². The Bertz CT molecular complexity index is 359. The van der Waals surface area contributed by atoms with Crippen LogP contribution in [0, 0.1) is 12.8 Å². The van der Waals surface area contributed by atoms with Gasteiger partial charge in [0.05, 0.1) is 0 Å². The minimum Gasteiger partial charge on any atom is -0.299 e. The SMILES string of the molecule is Cc1ccncc1C1CCC(=O)C1C. The molecule has 0 saturated heterocycles. The highest BCUT2D eigenvalue weighted by Gasteiger charge is 2.32. The fourth-order valence-electron chi connectivity index (χ4n) is 2.29. The van der Waals surface area contributed by atoms with E-state index in [1.54, 1.807) is 6.20 Å². The average Bonchev–Trinajstić information content (AvgIpc) is 2.49. The largest absolute Gasteiger partial charge is 0.299 e. The molecule has 2 rings (SSSR count). The minimum absolute atomic E-state index is 0.179. The smallest absolute Gasteiger partial charge is 0.136 e. The fourth-order valence-corrected chi connectivity index (χ4v) is 2.29. The lowest BCUT2D eigenvalue weighted by molar-refractivity contribution is -0.120. The maximum absolute atomic E-state index is 11.4. The van der Waals surface area contributed by atoms with Gasteiger partial charge in [-0.3, -0.25) is 9.78 Å². The maximum atomic E-state index is 11.4. The van der Waals surface area contributed by atoms with Crippen LogP contribution >= 0.6 is 0 Å². The quantitative estimate of drug-likeness (QED) is 0.679. The molecule has 1 fully saturated rings. The molecule has 0 aliphatic heterocycles. The van der Waals surface area contributed by atoms with Gasteiger partial charge in [-0.1, -0.05) is 6.92 Å². The summed E-state index contributed by atoms with van der Waals surface area (Å²) in [4.78, 5) is 15.6. The van der Waals surface area contributed by atoms with Crippen LogP contribution in [0.4, 0.5) is 0 Å². The Balaban J connectivity index is 2.32. The highest BCUT2D eigenvalue weighted by atomic mass is 16.1. The zero-order valence-electron chi connectivity index (χ0n) is 8.66. The molecule has 14 heavy (non-hydrogen) atoms. The lowest BCUT2D eigenvalue weighted by Gasteiger charge is -2.16. The Morgan fingerprint density at radius 2 is 2.29 bits per heavy atom. The summed E-state index contributed by atoms with van der Waals surface area (Å²) in [6.07, 6.45) is 5.45. The van der Waals surface area contributed by atoms with Gasteiger partial charge >= 0.3 is 0 Å². The standard InChI is InChI=1S/C12H15NO/c1-8-5-6-13-7-11(8)10-3-4-12(14)9(10)2/h5-7,9-10H,3-4H2,1-2H3. The molecule has 1 aliphatic carbocycles. The predicted octanol–water partition coefficient (Wildman–Crippen LogP) is 2.47. The van der Waals surface area contributed by atoms with Gasteiger partial charge in [-0.15, -0.1) is 0 Å². The van der Waals surface area contributed by atoms with Gasteiger partial charge in [0.15, 0.2) is 0 Å². The number of carbonyl (C=O) groups excluding carboxylic acids is 1. The van der Waals surface area contributed by atoms with Crippen LogP contribution in [0.2, 0.25) is 0 Å². The van der Waals surface area contributed by atoms with Crippen molar-refractivity contribution in [3.05, 3.63) is 29.6 Å². The van der Waals surface area contributed by atoms with Crippen molar-refractivity contribution in [2.75, 3.05) is 0 Å². The lowest BCUT2D eigenvalue weighted by atomic mass is 9.88. The zero-order chi connectivity index (χ0) is 10.1. The second-order valence-electron chi connectivity index (χ2n) is 4.13. The van der Waals surface area contributed by atoms with E-state index in [-0.39, 0.29) is 5.92 Å². The Labute approximate surface area is 84.4 Å². The van der Waals surface area contributed by atoms with E-state index in [1.807, 2.05) is 19.2 Å². The molecule has 2 heteroatoms. The monoisotopic (exact) mass is 189 g/mol. The second-order valence-corrected chi connectivity index (χ2v) is 4.13. The number of hydrogen-bond acceptors (Lipinski definition) is 2. The number of pyridine rings is 1. The molecule has 74 valence electrons. The first-order chi connectivity index (χ1) is 6.70. The van der Waals surface area contributed by atoms with Gasteiger partial charge in [0.1, 0.15) is 5.78 Å². The summed E-state index contributed by atoms with van der Waals surface area (Å²) in [6.45, 7) is 4.12. The summed E-state index contributed by atoms with van der Waals surface area (Å²) in [6, 6.07) is 2.02. The van der Waals surface area contributed by atoms with Crippen molar-refractivity contribution >= 4 is 5.78 Å². The third-order valence-corrected chi connectivity index (χ3v) is 3.29. The fraction of sp³-hybridized carbons (Fsp3) is 0.500. The molecule has 2 nitrogen and oxygen atoms in total. The van der Waals surface area contributed by atoms with Crippen LogP contribution in [0.25, 0.3) is 0 Å². The van der Waals surface area contributed by atoms with Gasteiger partial charge in [0, 0.05) is 24.7 Å². The Morgan fingerprint density at radius 3 is 2.86 bits per heavy atom. The Morgan fingerprint density at radius 1 is 1.50 bits per heavy atom. The number of Topliss-reactive ketones (excluding diaryl/α,β-unsaturated/α-hetero) is 1. The molecule has 1 heterocycles. The van der Waals surface area contributed by atoms with E-state index in [9.17, 15) is 4.79 Å². The van der Waals surface area contributed by atoms with Gasteiger partial charge in [-0.2, -0.15) is 0 Å². The van der Waals surface area contributed by atoms with Crippen molar-refractivity contribution in [2.24, 2.45) is 5.92 Å². The minimum atomic E-state index is 0.179. The first-order valence-corrected chi connectivity index (χ1v) is 5.13. The molecule has 0 spiro atoms. The van der Waals surface area contributed by atoms with Crippen LogP contribution in [0.15, 0.2) is 18.5 Å². The first-order valence-electron chi connectivity index (χ1n) is 5.13. The summed E-state index contributed by atoms with van der Waals surface area (Å²) >= 11 is 0. The first kappa shape index (κ1) is 9.38. The molecule has 0 radical (unpaired) electrons. The highest BCUT2D eigenvalue weighted by molar-refractivity contribution is 5.84. The zero-order valence-corrected chi connectivity index (χ0v) is 8.66. The molecule has 2 atom stereocenters. The molecule has 0 aromatic carbocycles. The van der Waals surface area contributed by atoms with Crippen LogP contribution in [-0.2, 0) is 4.79 Å². The van der Waals surface area contributed by atoms with Gasteiger partial charge in [0.25, 0.3) is 0 Å². The molecule has 1 aliphatic rings. The number of rotatable bonds is 1. The molecular weight excluding hydrogens is 174 g/mol. The van der Waals surface area contributed by atoms with Crippen LogP contribution in [0.1, 0.15) is 36.8 Å². The number of hydrogen-bond donors (Lipinski definition) is 0. The van der Waals surface area contributed by atoms with Gasteiger partial charge in [-0.05, 0) is 36.5 Å². The third-order valence-electron chi connectivity index (χ3n) is 3.29. The van der Waals surface area contributed by atoms with Gasteiger partial charge in [0.2, 0.25) is 0 Å². The topological polar surface area (TPSA) is 30.0 Å². The van der Waals surface area contributed by atoms with E-state index in [0.717, 1.165) is 12.8 Å². The number of carbonyl (C=O) groups is 1. The van der Waals surface area contributed by atoms with Crippen LogP contribution in [0.3, 0.4) is 0 Å². The van der Waals surface area contributed by atoms with Gasteiger partial charge < -0.3 is 0 Å². The van der Waals surface area contributed by atoms with E-state index in [0.29, 0.717) is 11.7 Å². The van der Waals surface area contributed by atoms with E-state index in [4.69, 9.17) is 0 Å². The Kier molecular flexibility index (Phi) is 2.36. The molecule has 2 unspecified atom stereocenters. The molecule has 1 aromatic rings. The van der Waals surface area contributed by atoms with Crippen molar-refractivity contribution in [3.8, 4) is 0 Å². The number of nitrogens with zero attached hydrogens (tertiary/aromatic N) is 1. The average molecular weight is 189 g/mol. The van der Waals surface area contributed by atoms with Gasteiger partial charge in [-0.25, -0.2) is 0 Å². The van der Waals surface area contributed by atoms with Crippen molar-refractivity contribution in [1.82, 2.24) is 4.98 Å². The molecule has 0 N–H and O–H groups in total. The van der Waals surface area contributed by atoms with Crippen molar-refractivity contribution in [3.63, 3.8) is 0 Å². The lowest BCUT2D eigenvalue weighted by Crippen LogP contribution is -2.10. The van der Waals surface area contributed by atoms with E-state index in [1.165, 1.54) is 11.1 Å². The summed E-state index contributed by atoms with van der Waals surface area (Å²) in [5.74, 6) is 0.979. The molecule has 1 aromatic heterocycles.